The molecule has 0 saturated carbocycles. The zero-order chi connectivity index (χ0) is 14.8. The van der Waals surface area contributed by atoms with E-state index in [0.29, 0.717) is 13.2 Å². The Labute approximate surface area is 114 Å². The third-order valence-electron chi connectivity index (χ3n) is 2.20. The van der Waals surface area contributed by atoms with Gasteiger partial charge in [-0.25, -0.2) is 4.57 Å². The molecule has 0 aromatic carbocycles. The smallest absolute Gasteiger partial charge is 0.309 e. The van der Waals surface area contributed by atoms with Crippen LogP contribution in [0.1, 0.15) is 39.5 Å². The summed E-state index contributed by atoms with van der Waals surface area (Å²) in [5, 5.41) is 0. The van der Waals surface area contributed by atoms with E-state index in [9.17, 15) is 9.13 Å². The second kappa shape index (κ2) is 10.1. The molecule has 0 amide bonds. The molecule has 7 nitrogen and oxygen atoms in total. The highest BCUT2D eigenvalue weighted by Crippen LogP contribution is 2.49. The molecule has 0 heterocycles. The van der Waals surface area contributed by atoms with E-state index in [1.54, 1.807) is 0 Å². The van der Waals surface area contributed by atoms with Crippen LogP contribution in [0, 0.1) is 0 Å². The Morgan fingerprint density at radius 3 is 1.68 bits per heavy atom. The van der Waals surface area contributed by atoms with Gasteiger partial charge in [0.05, 0.1) is 26.0 Å². The topological polar surface area (TPSA) is 102 Å². The van der Waals surface area contributed by atoms with Crippen LogP contribution >= 0.6 is 15.4 Å². The molecule has 0 atom stereocenters. The lowest BCUT2D eigenvalue weighted by Gasteiger charge is -2.18. The first kappa shape index (κ1) is 19.3. The Hall–Kier alpha value is 0.260. The molecular formula is C10H24O7P2. The predicted molar refractivity (Wildman–Crippen MR) is 72.2 cm³/mol. The van der Waals surface area contributed by atoms with Gasteiger partial charge in [0.2, 0.25) is 0 Å². The first-order valence-corrected chi connectivity index (χ1v) is 9.67. The zero-order valence-corrected chi connectivity index (χ0v) is 13.3. The molecule has 0 aliphatic heterocycles. The van der Waals surface area contributed by atoms with Gasteiger partial charge in [0.25, 0.3) is 0 Å². The summed E-state index contributed by atoms with van der Waals surface area (Å²) in [6, 6.07) is 0. The molecule has 0 rings (SSSR count). The Kier molecular flexibility index (Phi) is 10.2. The van der Waals surface area contributed by atoms with Crippen LogP contribution in [0.25, 0.3) is 0 Å². The minimum Gasteiger partial charge on any atom is -0.309 e. The Morgan fingerprint density at radius 2 is 1.32 bits per heavy atom. The van der Waals surface area contributed by atoms with Crippen LogP contribution < -0.4 is 0 Å². The lowest BCUT2D eigenvalue weighted by molar-refractivity contribution is 0.181. The monoisotopic (exact) mass is 318 g/mol. The number of rotatable bonds is 12. The number of hydrogen-bond donors (Lipinski definition) is 2. The van der Waals surface area contributed by atoms with Crippen molar-refractivity contribution in [3.05, 3.63) is 0 Å². The maximum atomic E-state index is 12.3. The minimum absolute atomic E-state index is 0.161. The fraction of sp³-hybridized carbons (Fsp3) is 1.00. The van der Waals surface area contributed by atoms with Crippen LogP contribution in [0.4, 0.5) is 0 Å². The van der Waals surface area contributed by atoms with Gasteiger partial charge < -0.3 is 18.8 Å². The predicted octanol–water partition coefficient (Wildman–Crippen LogP) is 2.92. The SMILES string of the molecule is CCCCOP(=O)(CCOP(=O)(O)O)OCCCC. The molecule has 0 radical (unpaired) electrons. The molecule has 0 saturated heterocycles. The summed E-state index contributed by atoms with van der Waals surface area (Å²) in [4.78, 5) is 17.1. The van der Waals surface area contributed by atoms with Gasteiger partial charge in [-0.3, -0.25) is 9.09 Å². The molecule has 0 spiro atoms. The van der Waals surface area contributed by atoms with Gasteiger partial charge in [-0.2, -0.15) is 0 Å². The van der Waals surface area contributed by atoms with E-state index in [2.05, 4.69) is 4.52 Å². The molecule has 19 heavy (non-hydrogen) atoms. The summed E-state index contributed by atoms with van der Waals surface area (Å²) in [5.74, 6) is 0. The van der Waals surface area contributed by atoms with Crippen molar-refractivity contribution in [2.75, 3.05) is 26.0 Å². The van der Waals surface area contributed by atoms with Gasteiger partial charge in [0, 0.05) is 0 Å². The van der Waals surface area contributed by atoms with E-state index >= 15 is 0 Å². The van der Waals surface area contributed by atoms with Crippen molar-refractivity contribution >= 4 is 15.4 Å². The number of phosphoric ester groups is 1. The molecule has 0 fully saturated rings. The molecule has 9 heteroatoms. The minimum atomic E-state index is -4.55. The standard InChI is InChI=1S/C10H24O7P2/c1-3-5-7-15-18(11,16-8-6-4-2)10-9-17-19(12,13)14/h3-10H2,1-2H3,(H2,12,13,14). The van der Waals surface area contributed by atoms with Gasteiger partial charge in [-0.05, 0) is 12.8 Å². The average molecular weight is 318 g/mol. The van der Waals surface area contributed by atoms with Gasteiger partial charge >= 0.3 is 15.4 Å². The highest BCUT2D eigenvalue weighted by atomic mass is 31.2. The molecule has 116 valence electrons. The van der Waals surface area contributed by atoms with Gasteiger partial charge in [-0.15, -0.1) is 0 Å². The van der Waals surface area contributed by atoms with Gasteiger partial charge in [-0.1, -0.05) is 26.7 Å². The maximum absolute atomic E-state index is 12.3. The summed E-state index contributed by atoms with van der Waals surface area (Å²) < 4.78 is 37.5. The van der Waals surface area contributed by atoms with Crippen molar-refractivity contribution < 1.29 is 32.5 Å². The first-order chi connectivity index (χ1) is 8.83. The third-order valence-corrected chi connectivity index (χ3v) is 4.60. The number of phosphoric acid groups is 1. The van der Waals surface area contributed by atoms with Gasteiger partial charge in [0.15, 0.2) is 0 Å². The number of unbranched alkanes of at least 4 members (excludes halogenated alkanes) is 2. The van der Waals surface area contributed by atoms with Crippen molar-refractivity contribution in [3.63, 3.8) is 0 Å². The zero-order valence-electron chi connectivity index (χ0n) is 11.5. The van der Waals surface area contributed by atoms with Crippen LogP contribution in [0.5, 0.6) is 0 Å². The second-order valence-corrected chi connectivity index (χ2v) is 7.46. The molecule has 0 bridgehead atoms. The first-order valence-electron chi connectivity index (χ1n) is 6.41. The fourth-order valence-corrected chi connectivity index (χ4v) is 3.07. The normalized spacial score (nSPS) is 12.8. The van der Waals surface area contributed by atoms with Crippen molar-refractivity contribution in [2.24, 2.45) is 0 Å². The van der Waals surface area contributed by atoms with Crippen LogP contribution in [0.3, 0.4) is 0 Å². The van der Waals surface area contributed by atoms with Crippen molar-refractivity contribution in [1.82, 2.24) is 0 Å². The highest BCUT2D eigenvalue weighted by molar-refractivity contribution is 7.53. The molecule has 0 aromatic heterocycles. The Morgan fingerprint density at radius 1 is 0.842 bits per heavy atom. The second-order valence-electron chi connectivity index (χ2n) is 4.03. The van der Waals surface area contributed by atoms with E-state index < -0.39 is 15.4 Å². The number of hydrogen-bond acceptors (Lipinski definition) is 5. The lowest BCUT2D eigenvalue weighted by Crippen LogP contribution is -2.07. The van der Waals surface area contributed by atoms with Crippen molar-refractivity contribution in [2.45, 2.75) is 39.5 Å². The van der Waals surface area contributed by atoms with Crippen LogP contribution in [-0.4, -0.2) is 35.8 Å². The Bertz CT molecular complexity index is 301. The molecule has 0 aliphatic rings. The van der Waals surface area contributed by atoms with E-state index in [-0.39, 0.29) is 12.8 Å². The Balaban J connectivity index is 4.22. The van der Waals surface area contributed by atoms with Gasteiger partial charge in [0.1, 0.15) is 0 Å². The third kappa shape index (κ3) is 11.8. The van der Waals surface area contributed by atoms with Crippen LogP contribution in [0.15, 0.2) is 0 Å². The average Bonchev–Trinajstić information content (AvgIpc) is 2.28. The quantitative estimate of drug-likeness (QED) is 0.421. The summed E-state index contributed by atoms with van der Waals surface area (Å²) in [6.07, 6.45) is 3.13. The van der Waals surface area contributed by atoms with Crippen molar-refractivity contribution in [3.8, 4) is 0 Å². The molecule has 0 aromatic rings. The van der Waals surface area contributed by atoms with E-state index in [1.807, 2.05) is 13.8 Å². The molecule has 2 N–H and O–H groups in total. The molecule has 0 aliphatic carbocycles. The highest BCUT2D eigenvalue weighted by Gasteiger charge is 2.26. The largest absolute Gasteiger partial charge is 0.469 e. The molecule has 0 unspecified atom stereocenters. The fourth-order valence-electron chi connectivity index (χ4n) is 1.13. The van der Waals surface area contributed by atoms with Crippen LogP contribution in [0.2, 0.25) is 0 Å². The summed E-state index contributed by atoms with van der Waals surface area (Å²) in [7, 11) is -7.88. The summed E-state index contributed by atoms with van der Waals surface area (Å²) in [6.45, 7) is 4.19. The lowest BCUT2D eigenvalue weighted by atomic mass is 10.4. The summed E-state index contributed by atoms with van der Waals surface area (Å²) >= 11 is 0. The van der Waals surface area contributed by atoms with E-state index in [0.717, 1.165) is 25.7 Å². The summed E-state index contributed by atoms with van der Waals surface area (Å²) in [5.41, 5.74) is 0. The molecular weight excluding hydrogens is 294 g/mol. The van der Waals surface area contributed by atoms with E-state index in [4.69, 9.17) is 18.8 Å². The van der Waals surface area contributed by atoms with E-state index in [1.165, 1.54) is 0 Å². The maximum Gasteiger partial charge on any atom is 0.469 e. The van der Waals surface area contributed by atoms with Crippen molar-refractivity contribution in [1.29, 1.82) is 0 Å². The van der Waals surface area contributed by atoms with Crippen LogP contribution in [-0.2, 0) is 22.7 Å².